The molecule has 1 rings (SSSR count). The molecule has 0 fully saturated rings. The standard InChI is InChI=1S/C18H29ClO2/c1-8-20-18(7,19)21-15-11-9-14(10-12-15)17(5,6)13-16(2,3)4/h9-12H,8,13H2,1-7H3. The Kier molecular flexibility index (Phi) is 5.74. The molecule has 2 nitrogen and oxygen atoms in total. The van der Waals surface area contributed by atoms with Crippen LogP contribution in [0.25, 0.3) is 0 Å². The summed E-state index contributed by atoms with van der Waals surface area (Å²) in [6, 6.07) is 8.14. The van der Waals surface area contributed by atoms with Gasteiger partial charge in [0.2, 0.25) is 0 Å². The largest absolute Gasteiger partial charge is 0.449 e. The van der Waals surface area contributed by atoms with Crippen molar-refractivity contribution in [3.05, 3.63) is 29.8 Å². The summed E-state index contributed by atoms with van der Waals surface area (Å²) in [5.41, 5.74) is 1.72. The fourth-order valence-electron chi connectivity index (χ4n) is 2.90. The van der Waals surface area contributed by atoms with Gasteiger partial charge in [-0.3, -0.25) is 0 Å². The Morgan fingerprint density at radius 2 is 1.48 bits per heavy atom. The van der Waals surface area contributed by atoms with E-state index in [4.69, 9.17) is 21.1 Å². The minimum atomic E-state index is -1.11. The number of rotatable bonds is 6. The molecular weight excluding hydrogens is 284 g/mol. The van der Waals surface area contributed by atoms with Gasteiger partial charge in [0.05, 0.1) is 0 Å². The van der Waals surface area contributed by atoms with E-state index in [1.165, 1.54) is 5.56 Å². The van der Waals surface area contributed by atoms with Crippen molar-refractivity contribution in [3.8, 4) is 5.75 Å². The van der Waals surface area contributed by atoms with Crippen molar-refractivity contribution in [2.45, 2.75) is 65.5 Å². The van der Waals surface area contributed by atoms with Crippen LogP contribution in [0.5, 0.6) is 5.75 Å². The van der Waals surface area contributed by atoms with E-state index in [-0.39, 0.29) is 5.41 Å². The van der Waals surface area contributed by atoms with E-state index < -0.39 is 5.25 Å². The lowest BCUT2D eigenvalue weighted by Crippen LogP contribution is -2.29. The van der Waals surface area contributed by atoms with Crippen molar-refractivity contribution >= 4 is 11.6 Å². The maximum absolute atomic E-state index is 6.14. The number of benzene rings is 1. The molecule has 0 aliphatic rings. The molecular formula is C18H29ClO2. The van der Waals surface area contributed by atoms with Gasteiger partial charge in [0.25, 0.3) is 5.25 Å². The summed E-state index contributed by atoms with van der Waals surface area (Å²) in [5, 5.41) is -1.11. The van der Waals surface area contributed by atoms with E-state index in [1.807, 2.05) is 19.1 Å². The first-order valence-corrected chi connectivity index (χ1v) is 7.95. The second-order valence-corrected chi connectivity index (χ2v) is 8.20. The summed E-state index contributed by atoms with van der Waals surface area (Å²) in [4.78, 5) is 0. The van der Waals surface area contributed by atoms with Crippen molar-refractivity contribution < 1.29 is 9.47 Å². The topological polar surface area (TPSA) is 18.5 Å². The lowest BCUT2D eigenvalue weighted by atomic mass is 9.72. The maximum atomic E-state index is 6.14. The predicted molar refractivity (Wildman–Crippen MR) is 90.1 cm³/mol. The third-order valence-electron chi connectivity index (χ3n) is 3.31. The lowest BCUT2D eigenvalue weighted by Gasteiger charge is -2.33. The molecule has 0 saturated carbocycles. The Hall–Kier alpha value is -0.730. The first kappa shape index (κ1) is 18.3. The average Bonchev–Trinajstić information content (AvgIpc) is 2.25. The van der Waals surface area contributed by atoms with Crippen molar-refractivity contribution in [2.75, 3.05) is 6.61 Å². The Morgan fingerprint density at radius 1 is 0.952 bits per heavy atom. The normalized spacial score (nSPS) is 15.6. The van der Waals surface area contributed by atoms with Crippen LogP contribution < -0.4 is 4.74 Å². The molecule has 0 spiro atoms. The highest BCUT2D eigenvalue weighted by atomic mass is 35.5. The fraction of sp³-hybridized carbons (Fsp3) is 0.667. The van der Waals surface area contributed by atoms with Crippen LogP contribution in [-0.2, 0) is 10.2 Å². The van der Waals surface area contributed by atoms with Gasteiger partial charge in [0.15, 0.2) is 0 Å². The number of alkyl halides is 1. The van der Waals surface area contributed by atoms with Gasteiger partial charge in [-0.1, -0.05) is 46.8 Å². The number of hydrogen-bond donors (Lipinski definition) is 0. The molecule has 0 aliphatic carbocycles. The highest BCUT2D eigenvalue weighted by Gasteiger charge is 2.28. The van der Waals surface area contributed by atoms with Crippen LogP contribution in [-0.4, -0.2) is 11.9 Å². The molecule has 0 heterocycles. The molecule has 3 heteroatoms. The minimum absolute atomic E-state index is 0.126. The van der Waals surface area contributed by atoms with Crippen LogP contribution in [0.1, 0.15) is 60.5 Å². The van der Waals surface area contributed by atoms with Gasteiger partial charge in [-0.2, -0.15) is 0 Å². The molecule has 0 amide bonds. The Morgan fingerprint density at radius 3 is 1.90 bits per heavy atom. The van der Waals surface area contributed by atoms with Crippen LogP contribution in [0, 0.1) is 5.41 Å². The van der Waals surface area contributed by atoms with Crippen LogP contribution in [0.15, 0.2) is 24.3 Å². The molecule has 0 aliphatic heterocycles. The molecule has 0 saturated heterocycles. The molecule has 1 aromatic carbocycles. The molecule has 1 unspecified atom stereocenters. The summed E-state index contributed by atoms with van der Waals surface area (Å²) in [7, 11) is 0. The lowest BCUT2D eigenvalue weighted by molar-refractivity contribution is -0.0996. The smallest absolute Gasteiger partial charge is 0.287 e. The zero-order valence-corrected chi connectivity index (χ0v) is 15.2. The summed E-state index contributed by atoms with van der Waals surface area (Å²) in [6.07, 6.45) is 1.12. The Labute approximate surface area is 134 Å². The van der Waals surface area contributed by atoms with Gasteiger partial charge in [-0.25, -0.2) is 0 Å². The predicted octanol–water partition coefficient (Wildman–Crippen LogP) is 5.73. The van der Waals surface area contributed by atoms with Crippen LogP contribution >= 0.6 is 11.6 Å². The van der Waals surface area contributed by atoms with Crippen LogP contribution in [0.3, 0.4) is 0 Å². The maximum Gasteiger partial charge on any atom is 0.287 e. The van der Waals surface area contributed by atoms with E-state index in [0.717, 1.165) is 12.2 Å². The van der Waals surface area contributed by atoms with E-state index in [9.17, 15) is 0 Å². The van der Waals surface area contributed by atoms with Crippen molar-refractivity contribution in [1.82, 2.24) is 0 Å². The SMILES string of the molecule is CCOC(C)(Cl)Oc1ccc(C(C)(C)CC(C)(C)C)cc1. The minimum Gasteiger partial charge on any atom is -0.449 e. The molecule has 1 atom stereocenters. The number of halogens is 1. The molecule has 0 N–H and O–H groups in total. The van der Waals surface area contributed by atoms with Gasteiger partial charge >= 0.3 is 0 Å². The van der Waals surface area contributed by atoms with Gasteiger partial charge < -0.3 is 9.47 Å². The zero-order chi connectivity index (χ0) is 16.3. The summed E-state index contributed by atoms with van der Waals surface area (Å²) < 4.78 is 11.0. The first-order chi connectivity index (χ1) is 9.45. The molecule has 0 aromatic heterocycles. The number of hydrogen-bond acceptors (Lipinski definition) is 2. The molecule has 1 aromatic rings. The summed E-state index contributed by atoms with van der Waals surface area (Å²) in [6.45, 7) is 15.5. The monoisotopic (exact) mass is 312 g/mol. The van der Waals surface area contributed by atoms with Gasteiger partial charge in [-0.05, 0) is 53.5 Å². The Bertz CT molecular complexity index is 441. The summed E-state index contributed by atoms with van der Waals surface area (Å²) >= 11 is 6.14. The van der Waals surface area contributed by atoms with E-state index in [0.29, 0.717) is 12.0 Å². The van der Waals surface area contributed by atoms with E-state index in [1.54, 1.807) is 6.92 Å². The van der Waals surface area contributed by atoms with Crippen molar-refractivity contribution in [1.29, 1.82) is 0 Å². The van der Waals surface area contributed by atoms with Crippen LogP contribution in [0.4, 0.5) is 0 Å². The zero-order valence-electron chi connectivity index (χ0n) is 14.4. The molecule has 0 radical (unpaired) electrons. The number of ether oxygens (including phenoxy) is 2. The van der Waals surface area contributed by atoms with E-state index >= 15 is 0 Å². The molecule has 0 bridgehead atoms. The fourth-order valence-corrected chi connectivity index (χ4v) is 3.10. The molecule has 21 heavy (non-hydrogen) atoms. The van der Waals surface area contributed by atoms with Gasteiger partial charge in [-0.15, -0.1) is 0 Å². The Balaban J connectivity index is 2.83. The highest BCUT2D eigenvalue weighted by molar-refractivity contribution is 6.21. The summed E-state index contributed by atoms with van der Waals surface area (Å²) in [5.74, 6) is 0.719. The second-order valence-electron chi connectivity index (χ2n) is 7.52. The highest BCUT2D eigenvalue weighted by Crippen LogP contribution is 2.37. The van der Waals surface area contributed by atoms with Crippen LogP contribution in [0.2, 0.25) is 0 Å². The van der Waals surface area contributed by atoms with Crippen molar-refractivity contribution in [3.63, 3.8) is 0 Å². The average molecular weight is 313 g/mol. The second kappa shape index (κ2) is 6.58. The van der Waals surface area contributed by atoms with Crippen molar-refractivity contribution in [2.24, 2.45) is 5.41 Å². The third kappa shape index (κ3) is 6.27. The quantitative estimate of drug-likeness (QED) is 0.493. The molecule has 120 valence electrons. The first-order valence-electron chi connectivity index (χ1n) is 7.58. The van der Waals surface area contributed by atoms with Gasteiger partial charge in [0, 0.05) is 13.5 Å². The third-order valence-corrected chi connectivity index (χ3v) is 3.50. The van der Waals surface area contributed by atoms with E-state index in [2.05, 4.69) is 46.8 Å². The van der Waals surface area contributed by atoms with Gasteiger partial charge in [0.1, 0.15) is 5.75 Å².